The fraction of sp³-hybridized carbons (Fsp3) is 0.818. The Morgan fingerprint density at radius 3 is 2.44 bits per heavy atom. The second kappa shape index (κ2) is 5.28. The summed E-state index contributed by atoms with van der Waals surface area (Å²) in [6.45, 7) is 8.68. The number of hydrogen-bond acceptors (Lipinski definition) is 3. The third-order valence-electron chi connectivity index (χ3n) is 8.94. The van der Waals surface area contributed by atoms with Gasteiger partial charge in [0.2, 0.25) is 0 Å². The fourth-order valence-corrected chi connectivity index (χ4v) is 7.92. The zero-order chi connectivity index (χ0) is 18.2. The van der Waals surface area contributed by atoms with Gasteiger partial charge in [0.05, 0.1) is 6.10 Å². The molecule has 4 unspecified atom stereocenters. The van der Waals surface area contributed by atoms with Crippen LogP contribution in [0.2, 0.25) is 0 Å². The molecule has 3 nitrogen and oxygen atoms in total. The van der Waals surface area contributed by atoms with Crippen LogP contribution in [0.25, 0.3) is 0 Å². The van der Waals surface area contributed by atoms with E-state index in [2.05, 4.69) is 20.8 Å². The van der Waals surface area contributed by atoms with Gasteiger partial charge in [0.25, 0.3) is 0 Å². The molecule has 0 bridgehead atoms. The molecule has 4 rings (SSSR count). The van der Waals surface area contributed by atoms with Crippen molar-refractivity contribution >= 4 is 11.6 Å². The highest BCUT2D eigenvalue weighted by Crippen LogP contribution is 2.71. The van der Waals surface area contributed by atoms with Crippen molar-refractivity contribution in [3.63, 3.8) is 0 Å². The van der Waals surface area contributed by atoms with Gasteiger partial charge in [0, 0.05) is 12.3 Å². The van der Waals surface area contributed by atoms with Crippen molar-refractivity contribution in [2.45, 2.75) is 78.7 Å². The van der Waals surface area contributed by atoms with Gasteiger partial charge in [-0.15, -0.1) is 0 Å². The first kappa shape index (κ1) is 17.5. The van der Waals surface area contributed by atoms with E-state index in [-0.39, 0.29) is 27.9 Å². The molecule has 3 heteroatoms. The predicted molar refractivity (Wildman–Crippen MR) is 96.9 cm³/mol. The summed E-state index contributed by atoms with van der Waals surface area (Å²) in [6, 6.07) is 0. The number of Topliss-reactive ketones (excluding diaryl/α,β-unsaturated/α-hetero) is 2. The molecule has 3 saturated carbocycles. The third kappa shape index (κ3) is 2.14. The largest absolute Gasteiger partial charge is 0.389 e. The Bertz CT molecular complexity index is 664. The summed E-state index contributed by atoms with van der Waals surface area (Å²) >= 11 is 0. The van der Waals surface area contributed by atoms with E-state index in [1.165, 1.54) is 0 Å². The molecule has 0 aromatic rings. The molecule has 3 fully saturated rings. The molecule has 0 aromatic carbocycles. The van der Waals surface area contributed by atoms with Crippen LogP contribution in [0.5, 0.6) is 0 Å². The summed E-state index contributed by atoms with van der Waals surface area (Å²) in [7, 11) is 0. The highest BCUT2D eigenvalue weighted by molar-refractivity contribution is 5.98. The highest BCUT2D eigenvalue weighted by atomic mass is 16.3. The molecular formula is C22H32O3. The second-order valence-electron chi connectivity index (χ2n) is 10.1. The van der Waals surface area contributed by atoms with E-state index in [0.717, 1.165) is 44.1 Å². The minimum atomic E-state index is -0.459. The molecule has 4 aliphatic carbocycles. The number of ketones is 2. The van der Waals surface area contributed by atoms with E-state index in [0.29, 0.717) is 24.0 Å². The second-order valence-corrected chi connectivity index (χ2v) is 10.1. The third-order valence-corrected chi connectivity index (χ3v) is 8.94. The van der Waals surface area contributed by atoms with Gasteiger partial charge in [0.15, 0.2) is 5.78 Å². The number of rotatable bonds is 1. The first-order valence-corrected chi connectivity index (χ1v) is 10.1. The molecule has 0 saturated heterocycles. The van der Waals surface area contributed by atoms with Crippen LogP contribution in [0.4, 0.5) is 0 Å². The van der Waals surface area contributed by atoms with E-state index < -0.39 is 6.10 Å². The summed E-state index contributed by atoms with van der Waals surface area (Å²) in [5.41, 5.74) is 0.850. The zero-order valence-corrected chi connectivity index (χ0v) is 16.1. The summed E-state index contributed by atoms with van der Waals surface area (Å²) in [5.74, 6) is 1.70. The monoisotopic (exact) mass is 344 g/mol. The van der Waals surface area contributed by atoms with Crippen LogP contribution in [-0.2, 0) is 9.59 Å². The molecule has 4 aliphatic rings. The quantitative estimate of drug-likeness (QED) is 0.779. The lowest BCUT2D eigenvalue weighted by Crippen LogP contribution is -2.58. The molecule has 1 N–H and O–H groups in total. The lowest BCUT2D eigenvalue weighted by Gasteiger charge is -2.63. The minimum absolute atomic E-state index is 0.0112. The Morgan fingerprint density at radius 1 is 1.04 bits per heavy atom. The lowest BCUT2D eigenvalue weighted by molar-refractivity contribution is -0.149. The molecule has 0 heterocycles. The van der Waals surface area contributed by atoms with Crippen molar-refractivity contribution < 1.29 is 14.7 Å². The van der Waals surface area contributed by atoms with Crippen molar-refractivity contribution in [3.8, 4) is 0 Å². The van der Waals surface area contributed by atoms with Gasteiger partial charge in [-0.3, -0.25) is 9.59 Å². The van der Waals surface area contributed by atoms with Crippen LogP contribution in [0, 0.1) is 34.0 Å². The van der Waals surface area contributed by atoms with Gasteiger partial charge < -0.3 is 5.11 Å². The Kier molecular flexibility index (Phi) is 3.69. The average molecular weight is 344 g/mol. The molecule has 0 amide bonds. The number of carbonyl (C=O) groups excluding carboxylic acids is 2. The van der Waals surface area contributed by atoms with Gasteiger partial charge in [-0.1, -0.05) is 20.8 Å². The smallest absolute Gasteiger partial charge is 0.159 e. The van der Waals surface area contributed by atoms with Crippen LogP contribution >= 0.6 is 0 Å². The SMILES string of the molecule is CC(=O)[C@H]1CC[C@@H]2C1(C)CC[C@@H]1C3(C)CCC(O)C=C3C(=O)CC21C. The summed E-state index contributed by atoms with van der Waals surface area (Å²) in [5, 5.41) is 10.1. The Balaban J connectivity index is 1.78. The highest BCUT2D eigenvalue weighted by Gasteiger charge is 2.66. The maximum Gasteiger partial charge on any atom is 0.159 e. The van der Waals surface area contributed by atoms with Gasteiger partial charge in [-0.05, 0) is 85.2 Å². The predicted octanol–water partition coefficient (Wildman–Crippen LogP) is 4.08. The first-order valence-electron chi connectivity index (χ1n) is 10.1. The molecule has 7 atom stereocenters. The number of aliphatic hydroxyl groups excluding tert-OH is 1. The van der Waals surface area contributed by atoms with Gasteiger partial charge in [-0.25, -0.2) is 0 Å². The number of fused-ring (bicyclic) bond motifs is 5. The minimum Gasteiger partial charge on any atom is -0.389 e. The summed E-state index contributed by atoms with van der Waals surface area (Å²) in [6.07, 6.45) is 7.93. The van der Waals surface area contributed by atoms with Crippen LogP contribution in [0.1, 0.15) is 72.6 Å². The van der Waals surface area contributed by atoms with E-state index in [9.17, 15) is 14.7 Å². The molecule has 0 radical (unpaired) electrons. The molecule has 0 aliphatic heterocycles. The van der Waals surface area contributed by atoms with Crippen LogP contribution in [-0.4, -0.2) is 22.8 Å². The average Bonchev–Trinajstić information content (AvgIpc) is 2.87. The standard InChI is InChI=1S/C22H32O3/c1-13(23)15-5-6-18-20(15,2)10-8-19-21(3)9-7-14(24)11-16(21)17(25)12-22(18,19)4/h11,14-15,18-19,24H,5-10,12H2,1-4H3/t14?,15-,18-,19-,20?,21?,22?/m1/s1. The normalized spacial score (nSPS) is 52.0. The summed E-state index contributed by atoms with van der Waals surface area (Å²) in [4.78, 5) is 25.4. The zero-order valence-electron chi connectivity index (χ0n) is 16.1. The Morgan fingerprint density at radius 2 is 1.76 bits per heavy atom. The Labute approximate surface area is 151 Å². The van der Waals surface area contributed by atoms with E-state index >= 15 is 0 Å². The lowest BCUT2D eigenvalue weighted by atomic mass is 9.41. The molecule has 138 valence electrons. The van der Waals surface area contributed by atoms with Crippen molar-refractivity contribution in [3.05, 3.63) is 11.6 Å². The maximum absolute atomic E-state index is 13.1. The van der Waals surface area contributed by atoms with Crippen molar-refractivity contribution in [1.29, 1.82) is 0 Å². The van der Waals surface area contributed by atoms with E-state index in [4.69, 9.17) is 0 Å². The van der Waals surface area contributed by atoms with Gasteiger partial charge >= 0.3 is 0 Å². The van der Waals surface area contributed by atoms with E-state index in [1.54, 1.807) is 6.92 Å². The molecule has 0 spiro atoms. The topological polar surface area (TPSA) is 54.4 Å². The molecule has 25 heavy (non-hydrogen) atoms. The van der Waals surface area contributed by atoms with E-state index in [1.807, 2.05) is 6.08 Å². The number of aliphatic hydroxyl groups is 1. The van der Waals surface area contributed by atoms with Gasteiger partial charge in [-0.2, -0.15) is 0 Å². The molecule has 0 aromatic heterocycles. The summed E-state index contributed by atoms with van der Waals surface area (Å²) < 4.78 is 0. The van der Waals surface area contributed by atoms with Crippen LogP contribution in [0.15, 0.2) is 11.6 Å². The van der Waals surface area contributed by atoms with Crippen molar-refractivity contribution in [2.24, 2.45) is 34.0 Å². The van der Waals surface area contributed by atoms with Crippen LogP contribution < -0.4 is 0 Å². The number of allylic oxidation sites excluding steroid dienone is 1. The number of carbonyl (C=O) groups is 2. The van der Waals surface area contributed by atoms with Crippen LogP contribution in [0.3, 0.4) is 0 Å². The van der Waals surface area contributed by atoms with Crippen molar-refractivity contribution in [1.82, 2.24) is 0 Å². The molecular weight excluding hydrogens is 312 g/mol. The Hall–Kier alpha value is -0.960. The van der Waals surface area contributed by atoms with Crippen molar-refractivity contribution in [2.75, 3.05) is 0 Å². The first-order chi connectivity index (χ1) is 11.6. The van der Waals surface area contributed by atoms with Gasteiger partial charge in [0.1, 0.15) is 5.78 Å². The number of hydrogen-bond donors (Lipinski definition) is 1. The maximum atomic E-state index is 13.1. The fourth-order valence-electron chi connectivity index (χ4n) is 7.92.